The van der Waals surface area contributed by atoms with Crippen LogP contribution in [0.1, 0.15) is 38.8 Å². The summed E-state index contributed by atoms with van der Waals surface area (Å²) in [5, 5.41) is 10.2. The molecule has 0 unspecified atom stereocenters. The minimum Gasteiger partial charge on any atom is -0.491 e. The van der Waals surface area contributed by atoms with Crippen molar-refractivity contribution in [3.8, 4) is 17.6 Å². The van der Waals surface area contributed by atoms with E-state index in [0.29, 0.717) is 16.3 Å². The van der Waals surface area contributed by atoms with E-state index in [2.05, 4.69) is 6.07 Å². The molecule has 3 nitrogen and oxygen atoms in total. The van der Waals surface area contributed by atoms with Gasteiger partial charge in [0.25, 0.3) is 0 Å². The van der Waals surface area contributed by atoms with Gasteiger partial charge in [0.05, 0.1) is 23.9 Å². The lowest BCUT2D eigenvalue weighted by Gasteiger charge is -2.16. The Bertz CT molecular complexity index is 787. The van der Waals surface area contributed by atoms with E-state index in [9.17, 15) is 5.26 Å². The molecule has 130 valence electrons. The Morgan fingerprint density at radius 2 is 1.64 bits per heavy atom. The van der Waals surface area contributed by atoms with Crippen molar-refractivity contribution in [1.29, 1.82) is 5.26 Å². The van der Waals surface area contributed by atoms with E-state index in [1.807, 2.05) is 64.1 Å². The summed E-state index contributed by atoms with van der Waals surface area (Å²) < 4.78 is 11.7. The Kier molecular flexibility index (Phi) is 6.50. The molecule has 4 heteroatoms. The van der Waals surface area contributed by atoms with E-state index in [4.69, 9.17) is 21.1 Å². The molecule has 0 spiro atoms. The quantitative estimate of drug-likeness (QED) is 0.473. The van der Waals surface area contributed by atoms with Gasteiger partial charge in [0.1, 0.15) is 11.5 Å². The van der Waals surface area contributed by atoms with Crippen LogP contribution in [0.5, 0.6) is 11.5 Å². The Morgan fingerprint density at radius 3 is 2.20 bits per heavy atom. The number of nitriles is 1. The number of nitrogens with zero attached hydrogens (tertiary/aromatic N) is 1. The molecular weight excluding hydrogens is 334 g/mol. The van der Waals surface area contributed by atoms with Crippen LogP contribution in [-0.2, 0) is 0 Å². The molecule has 0 aliphatic rings. The lowest BCUT2D eigenvalue weighted by molar-refractivity contribution is 0.229. The van der Waals surface area contributed by atoms with Crippen LogP contribution in [0.15, 0.2) is 42.5 Å². The highest BCUT2D eigenvalue weighted by Crippen LogP contribution is 2.30. The first-order chi connectivity index (χ1) is 11.9. The first kappa shape index (κ1) is 18.9. The normalized spacial score (nSPS) is 11.5. The maximum atomic E-state index is 9.54. The molecule has 0 atom stereocenters. The number of hydrogen-bond acceptors (Lipinski definition) is 3. The van der Waals surface area contributed by atoms with Gasteiger partial charge >= 0.3 is 0 Å². The minimum absolute atomic E-state index is 0.0162. The second-order valence-corrected chi connectivity index (χ2v) is 6.65. The third-order valence-corrected chi connectivity index (χ3v) is 3.55. The fourth-order valence-electron chi connectivity index (χ4n) is 2.30. The molecule has 0 saturated heterocycles. The van der Waals surface area contributed by atoms with Gasteiger partial charge in [-0.3, -0.25) is 0 Å². The molecule has 0 heterocycles. The summed E-state index contributed by atoms with van der Waals surface area (Å²) in [6.45, 7) is 7.89. The molecule has 0 aliphatic heterocycles. The van der Waals surface area contributed by atoms with Gasteiger partial charge in [-0.05, 0) is 63.6 Å². The maximum Gasteiger partial charge on any atom is 0.130 e. The summed E-state index contributed by atoms with van der Waals surface area (Å²) in [7, 11) is 0. The Morgan fingerprint density at radius 1 is 1.00 bits per heavy atom. The van der Waals surface area contributed by atoms with Crippen LogP contribution in [0.2, 0.25) is 5.02 Å². The predicted octanol–water partition coefficient (Wildman–Crippen LogP) is 5.98. The zero-order valence-electron chi connectivity index (χ0n) is 14.9. The SMILES string of the molecule is CC(C)Oc1ccc(C=C(C#N)c2ccc(Cl)cc2)c(OC(C)C)c1. The number of allylic oxidation sites excluding steroid dienone is 1. The summed E-state index contributed by atoms with van der Waals surface area (Å²) in [4.78, 5) is 0. The van der Waals surface area contributed by atoms with Gasteiger partial charge in [-0.15, -0.1) is 0 Å². The first-order valence-electron chi connectivity index (χ1n) is 8.24. The van der Waals surface area contributed by atoms with Crippen LogP contribution < -0.4 is 9.47 Å². The topological polar surface area (TPSA) is 42.2 Å². The smallest absolute Gasteiger partial charge is 0.130 e. The fourth-order valence-corrected chi connectivity index (χ4v) is 2.43. The highest BCUT2D eigenvalue weighted by molar-refractivity contribution is 6.30. The minimum atomic E-state index is 0.0162. The zero-order chi connectivity index (χ0) is 18.4. The molecule has 0 amide bonds. The van der Waals surface area contributed by atoms with Crippen molar-refractivity contribution in [2.45, 2.75) is 39.9 Å². The maximum absolute atomic E-state index is 9.54. The van der Waals surface area contributed by atoms with Crippen LogP contribution in [0.25, 0.3) is 11.6 Å². The third kappa shape index (κ3) is 5.55. The van der Waals surface area contributed by atoms with Gasteiger partial charge in [-0.2, -0.15) is 5.26 Å². The third-order valence-electron chi connectivity index (χ3n) is 3.30. The van der Waals surface area contributed by atoms with Gasteiger partial charge < -0.3 is 9.47 Å². The van der Waals surface area contributed by atoms with Crippen LogP contribution in [0.4, 0.5) is 0 Å². The van der Waals surface area contributed by atoms with Crippen LogP contribution >= 0.6 is 11.6 Å². The van der Waals surface area contributed by atoms with E-state index >= 15 is 0 Å². The number of halogens is 1. The molecule has 25 heavy (non-hydrogen) atoms. The second-order valence-electron chi connectivity index (χ2n) is 6.21. The summed E-state index contributed by atoms with van der Waals surface area (Å²) in [5.41, 5.74) is 2.18. The lowest BCUT2D eigenvalue weighted by Crippen LogP contribution is -2.09. The summed E-state index contributed by atoms with van der Waals surface area (Å²) in [6.07, 6.45) is 1.92. The molecule has 0 aromatic heterocycles. The van der Waals surface area contributed by atoms with Gasteiger partial charge in [-0.25, -0.2) is 0 Å². The Hall–Kier alpha value is -2.44. The molecule has 2 rings (SSSR count). The highest BCUT2D eigenvalue weighted by atomic mass is 35.5. The van der Waals surface area contributed by atoms with Crippen molar-refractivity contribution in [2.24, 2.45) is 0 Å². The molecule has 0 bridgehead atoms. The van der Waals surface area contributed by atoms with E-state index in [1.54, 1.807) is 12.1 Å². The summed E-state index contributed by atoms with van der Waals surface area (Å²) in [5.74, 6) is 1.43. The molecule has 0 aliphatic carbocycles. The standard InChI is InChI=1S/C21H22ClNO2/c1-14(2)24-20-10-7-17(21(12-20)25-15(3)4)11-18(13-23)16-5-8-19(22)9-6-16/h5-12,14-15H,1-4H3. The molecule has 0 fully saturated rings. The van der Waals surface area contributed by atoms with Crippen LogP contribution in [0, 0.1) is 11.3 Å². The molecular formula is C21H22ClNO2. The second kappa shape index (κ2) is 8.60. The van der Waals surface area contributed by atoms with Gasteiger partial charge in [0, 0.05) is 16.7 Å². The van der Waals surface area contributed by atoms with E-state index in [1.165, 1.54) is 0 Å². The number of ether oxygens (including phenoxy) is 2. The van der Waals surface area contributed by atoms with Gasteiger partial charge in [0.15, 0.2) is 0 Å². The average molecular weight is 356 g/mol. The summed E-state index contributed by atoms with van der Waals surface area (Å²) >= 11 is 5.92. The predicted molar refractivity (Wildman–Crippen MR) is 103 cm³/mol. The van der Waals surface area contributed by atoms with Crippen LogP contribution in [-0.4, -0.2) is 12.2 Å². The number of rotatable bonds is 6. The van der Waals surface area contributed by atoms with Crippen molar-refractivity contribution in [1.82, 2.24) is 0 Å². The van der Waals surface area contributed by atoms with Gasteiger partial charge in [0.2, 0.25) is 0 Å². The zero-order valence-corrected chi connectivity index (χ0v) is 15.7. The van der Waals surface area contributed by atoms with E-state index in [0.717, 1.165) is 16.9 Å². The van der Waals surface area contributed by atoms with E-state index in [-0.39, 0.29) is 12.2 Å². The Labute approximate surface area is 154 Å². The highest BCUT2D eigenvalue weighted by Gasteiger charge is 2.10. The van der Waals surface area contributed by atoms with Crippen LogP contribution in [0.3, 0.4) is 0 Å². The van der Waals surface area contributed by atoms with Crippen molar-refractivity contribution in [3.05, 3.63) is 58.6 Å². The van der Waals surface area contributed by atoms with Crippen molar-refractivity contribution in [3.63, 3.8) is 0 Å². The van der Waals surface area contributed by atoms with Gasteiger partial charge in [-0.1, -0.05) is 23.7 Å². The monoisotopic (exact) mass is 355 g/mol. The lowest BCUT2D eigenvalue weighted by atomic mass is 10.0. The molecule has 2 aromatic carbocycles. The van der Waals surface area contributed by atoms with Crippen molar-refractivity contribution in [2.75, 3.05) is 0 Å². The van der Waals surface area contributed by atoms with E-state index < -0.39 is 0 Å². The fraction of sp³-hybridized carbons (Fsp3) is 0.286. The summed E-state index contributed by atoms with van der Waals surface area (Å²) in [6, 6.07) is 15.1. The molecule has 0 radical (unpaired) electrons. The average Bonchev–Trinajstić information content (AvgIpc) is 2.54. The number of benzene rings is 2. The number of hydrogen-bond donors (Lipinski definition) is 0. The van der Waals surface area contributed by atoms with Crippen molar-refractivity contribution >= 4 is 23.3 Å². The molecule has 0 saturated carbocycles. The van der Waals surface area contributed by atoms with Crippen molar-refractivity contribution < 1.29 is 9.47 Å². The molecule has 0 N–H and O–H groups in total. The first-order valence-corrected chi connectivity index (χ1v) is 8.62. The molecule has 2 aromatic rings. The largest absolute Gasteiger partial charge is 0.491 e. The Balaban J connectivity index is 2.44.